The molecule has 0 bridgehead atoms. The molecular weight excluding hydrogens is 298 g/mol. The van der Waals surface area contributed by atoms with E-state index in [1.54, 1.807) is 21.3 Å². The monoisotopic (exact) mass is 317 g/mol. The molecule has 0 heterocycles. The number of nitrogens with one attached hydrogen (secondary N) is 1. The Bertz CT molecular complexity index is 369. The number of ether oxygens (including phenoxy) is 3. The van der Waals surface area contributed by atoms with Gasteiger partial charge in [0.15, 0.2) is 6.29 Å². The lowest BCUT2D eigenvalue weighted by Crippen LogP contribution is -2.39. The summed E-state index contributed by atoms with van der Waals surface area (Å²) in [6.45, 7) is 2.75. The Kier molecular flexibility index (Phi) is 6.63. The largest absolute Gasteiger partial charge is 0.496 e. The van der Waals surface area contributed by atoms with Gasteiger partial charge < -0.3 is 19.5 Å². The van der Waals surface area contributed by atoms with Crippen LogP contribution in [-0.4, -0.2) is 33.7 Å². The van der Waals surface area contributed by atoms with E-state index in [1.807, 2.05) is 25.1 Å². The van der Waals surface area contributed by atoms with Gasteiger partial charge in [0.05, 0.1) is 17.6 Å². The first kappa shape index (κ1) is 15.4. The molecule has 5 heteroatoms. The van der Waals surface area contributed by atoms with E-state index in [0.29, 0.717) is 0 Å². The summed E-state index contributed by atoms with van der Waals surface area (Å²) in [5.74, 6) is 0.831. The molecule has 4 nitrogen and oxygen atoms in total. The van der Waals surface area contributed by atoms with Crippen molar-refractivity contribution in [2.24, 2.45) is 0 Å². The van der Waals surface area contributed by atoms with E-state index in [9.17, 15) is 0 Å². The van der Waals surface area contributed by atoms with Crippen molar-refractivity contribution < 1.29 is 14.2 Å². The van der Waals surface area contributed by atoms with Crippen LogP contribution in [0.4, 0.5) is 0 Å². The second-order valence-corrected chi connectivity index (χ2v) is 4.83. The van der Waals surface area contributed by atoms with Crippen LogP contribution in [0.15, 0.2) is 22.7 Å². The quantitative estimate of drug-likeness (QED) is 0.785. The summed E-state index contributed by atoms with van der Waals surface area (Å²) in [5.41, 5.74) is 1.15. The van der Waals surface area contributed by atoms with E-state index in [1.165, 1.54) is 0 Å². The van der Waals surface area contributed by atoms with Crippen molar-refractivity contribution in [1.29, 1.82) is 0 Å². The molecule has 1 aromatic carbocycles. The zero-order valence-corrected chi connectivity index (χ0v) is 12.8. The van der Waals surface area contributed by atoms with Crippen LogP contribution in [0.25, 0.3) is 0 Å². The lowest BCUT2D eigenvalue weighted by Gasteiger charge is -2.22. The average Bonchev–Trinajstić information content (AvgIpc) is 2.39. The van der Waals surface area contributed by atoms with E-state index in [-0.39, 0.29) is 12.3 Å². The molecule has 1 rings (SSSR count). The van der Waals surface area contributed by atoms with E-state index in [0.717, 1.165) is 22.3 Å². The topological polar surface area (TPSA) is 39.7 Å². The molecule has 0 fully saturated rings. The second kappa shape index (κ2) is 7.74. The van der Waals surface area contributed by atoms with E-state index >= 15 is 0 Å². The SMILES string of the molecule is COc1cc(CN[C@@H](C)C(OC)OC)ccc1Br. The Morgan fingerprint density at radius 3 is 2.44 bits per heavy atom. The Morgan fingerprint density at radius 1 is 1.22 bits per heavy atom. The fourth-order valence-corrected chi connectivity index (χ4v) is 2.10. The lowest BCUT2D eigenvalue weighted by atomic mass is 10.2. The van der Waals surface area contributed by atoms with Gasteiger partial charge in [-0.05, 0) is 40.5 Å². The average molecular weight is 318 g/mol. The summed E-state index contributed by atoms with van der Waals surface area (Å²) in [4.78, 5) is 0. The molecule has 1 atom stereocenters. The number of hydrogen-bond acceptors (Lipinski definition) is 4. The van der Waals surface area contributed by atoms with Crippen LogP contribution >= 0.6 is 15.9 Å². The first-order valence-corrected chi connectivity index (χ1v) is 6.53. The molecule has 18 heavy (non-hydrogen) atoms. The number of halogens is 1. The maximum atomic E-state index is 5.26. The van der Waals surface area contributed by atoms with Gasteiger partial charge in [-0.3, -0.25) is 0 Å². The van der Waals surface area contributed by atoms with Crippen molar-refractivity contribution in [3.8, 4) is 5.75 Å². The molecule has 0 saturated carbocycles. The van der Waals surface area contributed by atoms with Gasteiger partial charge >= 0.3 is 0 Å². The summed E-state index contributed by atoms with van der Waals surface area (Å²) in [6, 6.07) is 6.12. The van der Waals surface area contributed by atoms with Crippen molar-refractivity contribution in [2.75, 3.05) is 21.3 Å². The number of benzene rings is 1. The predicted molar refractivity (Wildman–Crippen MR) is 74.8 cm³/mol. The Hall–Kier alpha value is -0.620. The van der Waals surface area contributed by atoms with Gasteiger partial charge in [0.2, 0.25) is 0 Å². The molecule has 0 aromatic heterocycles. The highest BCUT2D eigenvalue weighted by Crippen LogP contribution is 2.25. The summed E-state index contributed by atoms with van der Waals surface area (Å²) < 4.78 is 16.6. The third-order valence-electron chi connectivity index (χ3n) is 2.72. The van der Waals surface area contributed by atoms with E-state index in [4.69, 9.17) is 14.2 Å². The van der Waals surface area contributed by atoms with Crippen LogP contribution in [-0.2, 0) is 16.0 Å². The minimum atomic E-state index is -0.248. The van der Waals surface area contributed by atoms with Crippen LogP contribution in [0.2, 0.25) is 0 Å². The molecule has 0 unspecified atom stereocenters. The highest BCUT2D eigenvalue weighted by atomic mass is 79.9. The van der Waals surface area contributed by atoms with Gasteiger partial charge in [0.1, 0.15) is 5.75 Å². The van der Waals surface area contributed by atoms with Crippen LogP contribution in [0.1, 0.15) is 12.5 Å². The van der Waals surface area contributed by atoms with Crippen LogP contribution < -0.4 is 10.1 Å². The molecule has 0 aliphatic rings. The van der Waals surface area contributed by atoms with Gasteiger partial charge in [-0.2, -0.15) is 0 Å². The number of hydrogen-bond donors (Lipinski definition) is 1. The van der Waals surface area contributed by atoms with Crippen molar-refractivity contribution in [2.45, 2.75) is 25.8 Å². The maximum absolute atomic E-state index is 5.26. The lowest BCUT2D eigenvalue weighted by molar-refractivity contribution is -0.119. The third kappa shape index (κ3) is 4.24. The zero-order chi connectivity index (χ0) is 13.5. The van der Waals surface area contributed by atoms with Crippen LogP contribution in [0, 0.1) is 0 Å². The standard InChI is InChI=1S/C13H20BrNO3/c1-9(13(17-3)18-4)15-8-10-5-6-11(14)12(7-10)16-2/h5-7,9,13,15H,8H2,1-4H3/t9-/m0/s1. The summed E-state index contributed by atoms with van der Waals surface area (Å²) in [7, 11) is 4.93. The molecule has 1 N–H and O–H groups in total. The maximum Gasteiger partial charge on any atom is 0.171 e. The fourth-order valence-electron chi connectivity index (χ4n) is 1.69. The third-order valence-corrected chi connectivity index (χ3v) is 3.37. The van der Waals surface area contributed by atoms with Gasteiger partial charge in [-0.25, -0.2) is 0 Å². The van der Waals surface area contributed by atoms with Crippen molar-refractivity contribution in [3.63, 3.8) is 0 Å². The predicted octanol–water partition coefficient (Wildman–Crippen LogP) is 2.55. The minimum Gasteiger partial charge on any atom is -0.496 e. The molecule has 0 amide bonds. The first-order chi connectivity index (χ1) is 8.62. The van der Waals surface area contributed by atoms with Gasteiger partial charge in [0.25, 0.3) is 0 Å². The van der Waals surface area contributed by atoms with Gasteiger partial charge in [-0.15, -0.1) is 0 Å². The Balaban J connectivity index is 2.58. The summed E-state index contributed by atoms with van der Waals surface area (Å²) in [6.07, 6.45) is -0.248. The highest BCUT2D eigenvalue weighted by molar-refractivity contribution is 9.10. The summed E-state index contributed by atoms with van der Waals surface area (Å²) in [5, 5.41) is 3.35. The van der Waals surface area contributed by atoms with Crippen molar-refractivity contribution in [1.82, 2.24) is 5.32 Å². The van der Waals surface area contributed by atoms with Crippen molar-refractivity contribution >= 4 is 15.9 Å². The normalized spacial score (nSPS) is 12.8. The molecule has 0 saturated heterocycles. The van der Waals surface area contributed by atoms with Crippen molar-refractivity contribution in [3.05, 3.63) is 28.2 Å². The zero-order valence-electron chi connectivity index (χ0n) is 11.2. The number of rotatable bonds is 7. The Labute approximate surface area is 117 Å². The second-order valence-electron chi connectivity index (χ2n) is 3.98. The molecule has 0 spiro atoms. The van der Waals surface area contributed by atoms with Crippen LogP contribution in [0.5, 0.6) is 5.75 Å². The first-order valence-electron chi connectivity index (χ1n) is 5.73. The summed E-state index contributed by atoms with van der Waals surface area (Å²) >= 11 is 3.43. The molecule has 1 aromatic rings. The molecule has 102 valence electrons. The van der Waals surface area contributed by atoms with Gasteiger partial charge in [-0.1, -0.05) is 6.07 Å². The molecular formula is C13H20BrNO3. The fraction of sp³-hybridized carbons (Fsp3) is 0.538. The molecule has 0 aliphatic carbocycles. The molecule has 0 radical (unpaired) electrons. The highest BCUT2D eigenvalue weighted by Gasteiger charge is 2.14. The van der Waals surface area contributed by atoms with Crippen LogP contribution in [0.3, 0.4) is 0 Å². The van der Waals surface area contributed by atoms with Gasteiger partial charge in [0, 0.05) is 20.8 Å². The van der Waals surface area contributed by atoms with E-state index < -0.39 is 0 Å². The smallest absolute Gasteiger partial charge is 0.171 e. The number of methoxy groups -OCH3 is 3. The molecule has 0 aliphatic heterocycles. The minimum absolute atomic E-state index is 0.106. The Morgan fingerprint density at radius 2 is 1.89 bits per heavy atom. The van der Waals surface area contributed by atoms with E-state index in [2.05, 4.69) is 21.2 Å².